The van der Waals surface area contributed by atoms with E-state index in [0.717, 1.165) is 0 Å². The van der Waals surface area contributed by atoms with E-state index in [0.29, 0.717) is 23.9 Å². The van der Waals surface area contributed by atoms with Crippen LogP contribution in [-0.2, 0) is 9.53 Å². The molecule has 4 unspecified atom stereocenters. The topological polar surface area (TPSA) is 26.3 Å². The van der Waals surface area contributed by atoms with E-state index >= 15 is 0 Å². The van der Waals surface area contributed by atoms with Gasteiger partial charge in [-0.25, -0.2) is 0 Å². The van der Waals surface area contributed by atoms with Gasteiger partial charge < -0.3 is 4.74 Å². The number of hydrogen-bond donors (Lipinski definition) is 0. The highest BCUT2D eigenvalue weighted by Crippen LogP contribution is 2.55. The van der Waals surface area contributed by atoms with Gasteiger partial charge in [0.05, 0.1) is 5.92 Å². The van der Waals surface area contributed by atoms with Gasteiger partial charge in [0.15, 0.2) is 0 Å². The molecule has 2 aliphatic carbocycles. The monoisotopic (exact) mass is 138 g/mol. The Kier molecular flexibility index (Phi) is 0.715. The van der Waals surface area contributed by atoms with Gasteiger partial charge in [-0.05, 0) is 25.2 Å². The summed E-state index contributed by atoms with van der Waals surface area (Å²) >= 11 is 0. The highest BCUT2D eigenvalue weighted by Gasteiger charge is 2.58. The van der Waals surface area contributed by atoms with Crippen molar-refractivity contribution in [3.05, 3.63) is 0 Å². The highest BCUT2D eigenvalue weighted by atomic mass is 16.6. The molecular weight excluding hydrogens is 128 g/mol. The maximum atomic E-state index is 11.1. The highest BCUT2D eigenvalue weighted by molar-refractivity contribution is 5.77. The Labute approximate surface area is 59.6 Å². The zero-order chi connectivity index (χ0) is 6.72. The molecule has 4 atom stereocenters. The first-order valence-electron chi connectivity index (χ1n) is 4.07. The summed E-state index contributed by atoms with van der Waals surface area (Å²) in [4.78, 5) is 11.1. The molecule has 3 rings (SSSR count). The van der Waals surface area contributed by atoms with E-state index < -0.39 is 0 Å². The van der Waals surface area contributed by atoms with E-state index in [9.17, 15) is 4.79 Å². The van der Waals surface area contributed by atoms with Crippen molar-refractivity contribution in [1.82, 2.24) is 0 Å². The van der Waals surface area contributed by atoms with Crippen molar-refractivity contribution in [3.8, 4) is 0 Å². The van der Waals surface area contributed by atoms with Crippen molar-refractivity contribution >= 4 is 5.97 Å². The van der Waals surface area contributed by atoms with Crippen LogP contribution in [-0.4, -0.2) is 12.1 Å². The molecule has 0 amide bonds. The molecule has 2 saturated carbocycles. The molecule has 2 nitrogen and oxygen atoms in total. The fraction of sp³-hybridized carbons (Fsp3) is 0.875. The molecule has 1 heterocycles. The lowest BCUT2D eigenvalue weighted by atomic mass is 9.97. The molecule has 0 spiro atoms. The minimum atomic E-state index is 0.101. The Bertz CT molecular complexity index is 199. The Morgan fingerprint density at radius 1 is 1.40 bits per heavy atom. The third kappa shape index (κ3) is 0.386. The first-order chi connectivity index (χ1) is 4.86. The Balaban J connectivity index is 2.06. The van der Waals surface area contributed by atoms with Crippen LogP contribution in [0.2, 0.25) is 0 Å². The average Bonchev–Trinajstić information content (AvgIpc) is 2.49. The minimum Gasteiger partial charge on any atom is -0.462 e. The van der Waals surface area contributed by atoms with E-state index in [-0.39, 0.29) is 5.97 Å². The van der Waals surface area contributed by atoms with Crippen LogP contribution < -0.4 is 0 Å². The lowest BCUT2D eigenvalue weighted by Gasteiger charge is -2.20. The molecule has 0 N–H and O–H groups in total. The quantitative estimate of drug-likeness (QED) is 0.466. The molecule has 0 aromatic heterocycles. The summed E-state index contributed by atoms with van der Waals surface area (Å²) in [6.07, 6.45) is 4.02. The van der Waals surface area contributed by atoms with Crippen LogP contribution in [0.15, 0.2) is 0 Å². The van der Waals surface area contributed by atoms with E-state index in [1.807, 2.05) is 0 Å². The van der Waals surface area contributed by atoms with Crippen LogP contribution >= 0.6 is 0 Å². The summed E-state index contributed by atoms with van der Waals surface area (Å²) in [6.45, 7) is 0. The van der Waals surface area contributed by atoms with Crippen LogP contribution in [0.1, 0.15) is 19.3 Å². The summed E-state index contributed by atoms with van der Waals surface area (Å²) in [5.41, 5.74) is 0. The predicted molar refractivity (Wildman–Crippen MR) is 34.2 cm³/mol. The summed E-state index contributed by atoms with van der Waals surface area (Å²) in [6, 6.07) is 0. The maximum Gasteiger partial charge on any atom is 0.309 e. The molecule has 54 valence electrons. The molecule has 2 heteroatoms. The van der Waals surface area contributed by atoms with Gasteiger partial charge in [0.1, 0.15) is 6.10 Å². The number of ether oxygens (including phenoxy) is 1. The molecule has 0 aromatic rings. The van der Waals surface area contributed by atoms with Gasteiger partial charge in [0.25, 0.3) is 0 Å². The lowest BCUT2D eigenvalue weighted by molar-refractivity contribution is -0.150. The van der Waals surface area contributed by atoms with E-state index in [1.54, 1.807) is 0 Å². The van der Waals surface area contributed by atoms with Crippen molar-refractivity contribution in [3.63, 3.8) is 0 Å². The smallest absolute Gasteiger partial charge is 0.309 e. The standard InChI is InChI=1S/C8H10O2/c9-8-7-4-1-2-5(7)6(3-4)10-8/h4-7H,1-3H2. The second-order valence-corrected chi connectivity index (χ2v) is 3.74. The zero-order valence-electron chi connectivity index (χ0n) is 5.75. The van der Waals surface area contributed by atoms with Crippen molar-refractivity contribution in [2.75, 3.05) is 0 Å². The summed E-state index contributed by atoms with van der Waals surface area (Å²) in [5, 5.41) is 0. The molecule has 3 aliphatic rings. The van der Waals surface area contributed by atoms with Crippen LogP contribution in [0.5, 0.6) is 0 Å². The molecule has 4 bridgehead atoms. The van der Waals surface area contributed by atoms with Crippen molar-refractivity contribution in [2.24, 2.45) is 17.8 Å². The minimum absolute atomic E-state index is 0.101. The average molecular weight is 138 g/mol. The SMILES string of the molecule is O=C1OC2CC3CCC2C13. The van der Waals surface area contributed by atoms with Crippen LogP contribution in [0.25, 0.3) is 0 Å². The fourth-order valence-electron chi connectivity index (χ4n) is 3.00. The van der Waals surface area contributed by atoms with Crippen molar-refractivity contribution in [1.29, 1.82) is 0 Å². The number of carbonyl (C=O) groups excluding carboxylic acids is 1. The second-order valence-electron chi connectivity index (χ2n) is 3.74. The summed E-state index contributed by atoms with van der Waals surface area (Å²) < 4.78 is 5.16. The molecular formula is C8H10O2. The maximum absolute atomic E-state index is 11.1. The van der Waals surface area contributed by atoms with Gasteiger partial charge in [-0.15, -0.1) is 0 Å². The van der Waals surface area contributed by atoms with Gasteiger partial charge >= 0.3 is 5.97 Å². The molecule has 3 fully saturated rings. The van der Waals surface area contributed by atoms with Crippen LogP contribution in [0.4, 0.5) is 0 Å². The third-order valence-electron chi connectivity index (χ3n) is 3.39. The number of esters is 1. The zero-order valence-corrected chi connectivity index (χ0v) is 5.75. The molecule has 10 heavy (non-hydrogen) atoms. The van der Waals surface area contributed by atoms with Crippen molar-refractivity contribution < 1.29 is 9.53 Å². The first-order valence-corrected chi connectivity index (χ1v) is 4.07. The first kappa shape index (κ1) is 5.16. The van der Waals surface area contributed by atoms with Gasteiger partial charge in [0.2, 0.25) is 0 Å². The van der Waals surface area contributed by atoms with Gasteiger partial charge in [-0.2, -0.15) is 0 Å². The Morgan fingerprint density at radius 3 is 2.90 bits per heavy atom. The number of rotatable bonds is 0. The van der Waals surface area contributed by atoms with E-state index in [1.165, 1.54) is 19.3 Å². The van der Waals surface area contributed by atoms with Gasteiger partial charge in [-0.3, -0.25) is 4.79 Å². The molecule has 1 saturated heterocycles. The number of hydrogen-bond acceptors (Lipinski definition) is 2. The lowest BCUT2D eigenvalue weighted by Crippen LogP contribution is -2.22. The molecule has 1 aliphatic heterocycles. The Hall–Kier alpha value is -0.530. The second kappa shape index (κ2) is 1.39. The fourth-order valence-corrected chi connectivity index (χ4v) is 3.00. The summed E-state index contributed by atoms with van der Waals surface area (Å²) in [5.74, 6) is 1.75. The van der Waals surface area contributed by atoms with Gasteiger partial charge in [0, 0.05) is 5.92 Å². The van der Waals surface area contributed by atoms with Crippen LogP contribution in [0, 0.1) is 17.8 Å². The summed E-state index contributed by atoms with van der Waals surface area (Å²) in [7, 11) is 0. The Morgan fingerprint density at radius 2 is 2.30 bits per heavy atom. The molecule has 0 radical (unpaired) electrons. The van der Waals surface area contributed by atoms with Crippen molar-refractivity contribution in [2.45, 2.75) is 25.4 Å². The van der Waals surface area contributed by atoms with E-state index in [4.69, 9.17) is 4.74 Å². The normalized spacial score (nSPS) is 55.8. The largest absolute Gasteiger partial charge is 0.462 e. The molecule has 0 aromatic carbocycles. The third-order valence-corrected chi connectivity index (χ3v) is 3.39. The predicted octanol–water partition coefficient (Wildman–Crippen LogP) is 0.958. The van der Waals surface area contributed by atoms with Crippen LogP contribution in [0.3, 0.4) is 0 Å². The van der Waals surface area contributed by atoms with E-state index in [2.05, 4.69) is 0 Å². The number of carbonyl (C=O) groups is 1. The van der Waals surface area contributed by atoms with Gasteiger partial charge in [-0.1, -0.05) is 0 Å².